The fourth-order valence-electron chi connectivity index (χ4n) is 5.35. The van der Waals surface area contributed by atoms with Crippen LogP contribution in [0.3, 0.4) is 0 Å². The van der Waals surface area contributed by atoms with Gasteiger partial charge in [-0.1, -0.05) is 18.9 Å². The summed E-state index contributed by atoms with van der Waals surface area (Å²) in [6, 6.07) is 5.53. The Balaban J connectivity index is 1.25. The first-order valence-corrected chi connectivity index (χ1v) is 11.4. The third kappa shape index (κ3) is 3.62. The first-order chi connectivity index (χ1) is 15.1. The van der Waals surface area contributed by atoms with Crippen LogP contribution in [0.2, 0.25) is 0 Å². The number of fused-ring (bicyclic) bond motifs is 1. The highest BCUT2D eigenvalue weighted by molar-refractivity contribution is 6.07. The third-order valence-electron chi connectivity index (χ3n) is 6.98. The number of likely N-dealkylation sites (tertiary alicyclic amines) is 1. The lowest BCUT2D eigenvalue weighted by molar-refractivity contribution is -0.134. The normalized spacial score (nSPS) is 24.6. The fourth-order valence-corrected chi connectivity index (χ4v) is 5.35. The number of carbonyl (C=O) groups excluding carboxylic acids is 3. The summed E-state index contributed by atoms with van der Waals surface area (Å²) in [5.74, 6) is 1.29. The number of amides is 4. The zero-order valence-corrected chi connectivity index (χ0v) is 17.7. The maximum atomic E-state index is 13.1. The Hall–Kier alpha value is -2.77. The van der Waals surface area contributed by atoms with Crippen LogP contribution in [0.1, 0.15) is 63.0 Å². The predicted molar refractivity (Wildman–Crippen MR) is 112 cm³/mol. The SMILES string of the molecule is O=C1NC2(CCCC2)C(=O)N1CCC(=O)N1CCC[C@H]1c1ccc2c(c1)OCCCO2. The number of hydrogen-bond donors (Lipinski definition) is 1. The van der Waals surface area contributed by atoms with Gasteiger partial charge in [-0.25, -0.2) is 4.79 Å². The maximum absolute atomic E-state index is 13.1. The molecule has 1 aromatic carbocycles. The summed E-state index contributed by atoms with van der Waals surface area (Å²) in [6.07, 6.45) is 6.10. The van der Waals surface area contributed by atoms with Gasteiger partial charge in [0, 0.05) is 25.9 Å². The number of rotatable bonds is 4. The number of ether oxygens (including phenoxy) is 2. The first-order valence-electron chi connectivity index (χ1n) is 11.4. The van der Waals surface area contributed by atoms with Gasteiger partial charge >= 0.3 is 6.03 Å². The number of urea groups is 1. The van der Waals surface area contributed by atoms with Crippen molar-refractivity contribution in [3.8, 4) is 11.5 Å². The molecule has 4 aliphatic rings. The van der Waals surface area contributed by atoms with Crippen molar-refractivity contribution in [1.29, 1.82) is 0 Å². The molecular formula is C23H29N3O5. The Bertz CT molecular complexity index is 895. The van der Waals surface area contributed by atoms with Gasteiger partial charge < -0.3 is 19.7 Å². The molecule has 0 bridgehead atoms. The van der Waals surface area contributed by atoms with Crippen molar-refractivity contribution < 1.29 is 23.9 Å². The Labute approximate surface area is 181 Å². The lowest BCUT2D eigenvalue weighted by Crippen LogP contribution is -2.44. The van der Waals surface area contributed by atoms with Crippen LogP contribution in [0, 0.1) is 0 Å². The van der Waals surface area contributed by atoms with Crippen molar-refractivity contribution in [2.24, 2.45) is 0 Å². The van der Waals surface area contributed by atoms with Crippen LogP contribution < -0.4 is 14.8 Å². The molecule has 4 amide bonds. The molecular weight excluding hydrogens is 398 g/mol. The van der Waals surface area contributed by atoms with E-state index < -0.39 is 5.54 Å². The Morgan fingerprint density at radius 2 is 1.84 bits per heavy atom. The van der Waals surface area contributed by atoms with Crippen molar-refractivity contribution in [2.75, 3.05) is 26.3 Å². The monoisotopic (exact) mass is 427 g/mol. The van der Waals surface area contributed by atoms with E-state index in [1.807, 2.05) is 23.1 Å². The fraction of sp³-hybridized carbons (Fsp3) is 0.609. The lowest BCUT2D eigenvalue weighted by Gasteiger charge is -2.26. The van der Waals surface area contributed by atoms with E-state index in [0.29, 0.717) is 32.6 Å². The molecule has 1 saturated carbocycles. The van der Waals surface area contributed by atoms with E-state index in [1.54, 1.807) is 0 Å². The smallest absolute Gasteiger partial charge is 0.325 e. The van der Waals surface area contributed by atoms with Gasteiger partial charge in [-0.2, -0.15) is 0 Å². The third-order valence-corrected chi connectivity index (χ3v) is 6.98. The minimum atomic E-state index is -0.722. The molecule has 5 rings (SSSR count). The van der Waals surface area contributed by atoms with Crippen molar-refractivity contribution >= 4 is 17.8 Å². The highest BCUT2D eigenvalue weighted by Gasteiger charge is 2.52. The summed E-state index contributed by atoms with van der Waals surface area (Å²) in [7, 11) is 0. The van der Waals surface area contributed by atoms with Crippen LogP contribution in [0.4, 0.5) is 4.79 Å². The number of nitrogens with one attached hydrogen (secondary N) is 1. The molecule has 1 spiro atoms. The summed E-state index contributed by atoms with van der Waals surface area (Å²) in [6.45, 7) is 2.08. The van der Waals surface area contributed by atoms with Crippen LogP contribution >= 0.6 is 0 Å². The molecule has 0 aromatic heterocycles. The predicted octanol–water partition coefficient (Wildman–Crippen LogP) is 2.77. The molecule has 0 radical (unpaired) electrons. The lowest BCUT2D eigenvalue weighted by atomic mass is 9.98. The van der Waals surface area contributed by atoms with Gasteiger partial charge in [0.15, 0.2) is 11.5 Å². The van der Waals surface area contributed by atoms with Crippen LogP contribution in [0.5, 0.6) is 11.5 Å². The number of hydrogen-bond acceptors (Lipinski definition) is 5. The van der Waals surface area contributed by atoms with Crippen molar-refractivity contribution in [3.05, 3.63) is 23.8 Å². The van der Waals surface area contributed by atoms with Gasteiger partial charge in [0.05, 0.1) is 19.3 Å². The summed E-state index contributed by atoms with van der Waals surface area (Å²) >= 11 is 0. The molecule has 1 N–H and O–H groups in total. The minimum Gasteiger partial charge on any atom is -0.490 e. The minimum absolute atomic E-state index is 0.0195. The van der Waals surface area contributed by atoms with Gasteiger partial charge in [0.1, 0.15) is 5.54 Å². The van der Waals surface area contributed by atoms with Gasteiger partial charge in [0.2, 0.25) is 5.91 Å². The van der Waals surface area contributed by atoms with E-state index in [0.717, 1.165) is 49.2 Å². The van der Waals surface area contributed by atoms with Crippen LogP contribution in [-0.2, 0) is 9.59 Å². The molecule has 3 aliphatic heterocycles. The van der Waals surface area contributed by atoms with E-state index in [1.165, 1.54) is 4.90 Å². The van der Waals surface area contributed by atoms with Crippen LogP contribution in [-0.4, -0.2) is 59.5 Å². The van der Waals surface area contributed by atoms with Crippen LogP contribution in [0.25, 0.3) is 0 Å². The Morgan fingerprint density at radius 1 is 1.06 bits per heavy atom. The molecule has 8 heteroatoms. The van der Waals surface area contributed by atoms with Crippen molar-refractivity contribution in [1.82, 2.24) is 15.1 Å². The second-order valence-electron chi connectivity index (χ2n) is 8.93. The molecule has 2 saturated heterocycles. The molecule has 31 heavy (non-hydrogen) atoms. The molecule has 8 nitrogen and oxygen atoms in total. The standard InChI is InChI=1S/C23H29N3O5/c27-20(8-12-26-21(28)23(24-22(26)29)9-1-2-10-23)25-11-3-5-17(25)16-6-7-18-19(15-16)31-14-4-13-30-18/h6-7,15,17H,1-5,8-14H2,(H,24,29)/t17-/m0/s1. The number of imide groups is 1. The molecule has 1 atom stereocenters. The molecule has 1 aliphatic carbocycles. The maximum Gasteiger partial charge on any atom is 0.325 e. The Kier molecular flexibility index (Phi) is 5.24. The topological polar surface area (TPSA) is 88.2 Å². The van der Waals surface area contributed by atoms with Gasteiger partial charge in [-0.05, 0) is 43.4 Å². The average molecular weight is 428 g/mol. The molecule has 3 heterocycles. The van der Waals surface area contributed by atoms with E-state index in [4.69, 9.17) is 9.47 Å². The largest absolute Gasteiger partial charge is 0.490 e. The van der Waals surface area contributed by atoms with Gasteiger partial charge in [0.25, 0.3) is 5.91 Å². The highest BCUT2D eigenvalue weighted by atomic mass is 16.5. The summed E-state index contributed by atoms with van der Waals surface area (Å²) in [5, 5.41) is 2.88. The highest BCUT2D eigenvalue weighted by Crippen LogP contribution is 2.38. The first kappa shape index (κ1) is 20.2. The van der Waals surface area contributed by atoms with Crippen LogP contribution in [0.15, 0.2) is 18.2 Å². The van der Waals surface area contributed by atoms with E-state index in [-0.39, 0.29) is 36.9 Å². The summed E-state index contributed by atoms with van der Waals surface area (Å²) in [4.78, 5) is 41.4. The molecule has 1 aromatic rings. The van der Waals surface area contributed by atoms with Gasteiger partial charge in [-0.15, -0.1) is 0 Å². The second-order valence-corrected chi connectivity index (χ2v) is 8.93. The number of benzene rings is 1. The molecule has 3 fully saturated rings. The van der Waals surface area contributed by atoms with Gasteiger partial charge in [-0.3, -0.25) is 14.5 Å². The van der Waals surface area contributed by atoms with Crippen molar-refractivity contribution in [2.45, 2.75) is 62.9 Å². The number of carbonyl (C=O) groups is 3. The average Bonchev–Trinajstić information content (AvgIpc) is 3.44. The van der Waals surface area contributed by atoms with Crippen molar-refractivity contribution in [3.63, 3.8) is 0 Å². The van der Waals surface area contributed by atoms with E-state index >= 15 is 0 Å². The number of nitrogens with zero attached hydrogens (tertiary/aromatic N) is 2. The quantitative estimate of drug-likeness (QED) is 0.747. The molecule has 0 unspecified atom stereocenters. The Morgan fingerprint density at radius 3 is 2.65 bits per heavy atom. The summed E-state index contributed by atoms with van der Waals surface area (Å²) in [5.41, 5.74) is 0.315. The summed E-state index contributed by atoms with van der Waals surface area (Å²) < 4.78 is 11.5. The van der Waals surface area contributed by atoms with E-state index in [9.17, 15) is 14.4 Å². The van der Waals surface area contributed by atoms with E-state index in [2.05, 4.69) is 5.32 Å². The zero-order chi connectivity index (χ0) is 21.4. The zero-order valence-electron chi connectivity index (χ0n) is 17.7. The molecule has 166 valence electrons. The second kappa shape index (κ2) is 8.05.